The second-order valence-corrected chi connectivity index (χ2v) is 8.56. The molecule has 168 valence electrons. The van der Waals surface area contributed by atoms with Gasteiger partial charge in [0, 0.05) is 29.1 Å². The van der Waals surface area contributed by atoms with Crippen molar-refractivity contribution in [2.75, 3.05) is 10.6 Å². The largest absolute Gasteiger partial charge is 0.486 e. The SMILES string of the molecule is Cc1cc2c(cc1NC(=S)Nc1ccc([N+](=O)[O-])cc1)C=CC(CC(C)c1ccccc1)O2. The van der Waals surface area contributed by atoms with Crippen molar-refractivity contribution in [3.63, 3.8) is 0 Å². The molecule has 33 heavy (non-hydrogen) atoms. The minimum Gasteiger partial charge on any atom is -0.486 e. The van der Waals surface area contributed by atoms with E-state index >= 15 is 0 Å². The fourth-order valence-electron chi connectivity index (χ4n) is 3.82. The van der Waals surface area contributed by atoms with Crippen LogP contribution in [0.15, 0.2) is 72.8 Å². The van der Waals surface area contributed by atoms with Crippen molar-refractivity contribution in [2.45, 2.75) is 32.3 Å². The van der Waals surface area contributed by atoms with Crippen molar-refractivity contribution < 1.29 is 9.66 Å². The van der Waals surface area contributed by atoms with E-state index in [1.807, 2.05) is 25.1 Å². The van der Waals surface area contributed by atoms with Gasteiger partial charge in [0.1, 0.15) is 11.9 Å². The van der Waals surface area contributed by atoms with E-state index in [0.29, 0.717) is 16.7 Å². The number of anilines is 2. The summed E-state index contributed by atoms with van der Waals surface area (Å²) in [6, 6.07) is 20.6. The van der Waals surface area contributed by atoms with Gasteiger partial charge in [-0.3, -0.25) is 10.1 Å². The summed E-state index contributed by atoms with van der Waals surface area (Å²) < 4.78 is 6.27. The molecule has 0 saturated carbocycles. The zero-order chi connectivity index (χ0) is 23.4. The topological polar surface area (TPSA) is 76.4 Å². The molecule has 1 aliphatic heterocycles. The first-order valence-corrected chi connectivity index (χ1v) is 11.2. The molecule has 2 atom stereocenters. The summed E-state index contributed by atoms with van der Waals surface area (Å²) >= 11 is 5.42. The number of aryl methyl sites for hydroxylation is 1. The van der Waals surface area contributed by atoms with Crippen LogP contribution >= 0.6 is 12.2 Å². The van der Waals surface area contributed by atoms with Gasteiger partial charge in [0.25, 0.3) is 5.69 Å². The summed E-state index contributed by atoms with van der Waals surface area (Å²) in [4.78, 5) is 10.4. The highest BCUT2D eigenvalue weighted by Crippen LogP contribution is 2.34. The maximum absolute atomic E-state index is 10.8. The first-order valence-electron chi connectivity index (χ1n) is 10.8. The van der Waals surface area contributed by atoms with Crippen LogP contribution < -0.4 is 15.4 Å². The molecule has 0 aliphatic carbocycles. The van der Waals surface area contributed by atoms with Crippen LogP contribution in [0.25, 0.3) is 6.08 Å². The van der Waals surface area contributed by atoms with Crippen LogP contribution in [0, 0.1) is 17.0 Å². The van der Waals surface area contributed by atoms with Gasteiger partial charge >= 0.3 is 0 Å². The average molecular weight is 460 g/mol. The summed E-state index contributed by atoms with van der Waals surface area (Å²) in [6.07, 6.45) is 5.13. The molecule has 1 aliphatic rings. The molecule has 2 N–H and O–H groups in total. The lowest BCUT2D eigenvalue weighted by Crippen LogP contribution is -2.21. The van der Waals surface area contributed by atoms with E-state index < -0.39 is 4.92 Å². The predicted molar refractivity (Wildman–Crippen MR) is 137 cm³/mol. The van der Waals surface area contributed by atoms with E-state index in [2.05, 4.69) is 54.0 Å². The molecular formula is C26H25N3O3S. The fourth-order valence-corrected chi connectivity index (χ4v) is 4.05. The van der Waals surface area contributed by atoms with Gasteiger partial charge in [0.15, 0.2) is 5.11 Å². The van der Waals surface area contributed by atoms with Crippen LogP contribution in [0.5, 0.6) is 5.75 Å². The van der Waals surface area contributed by atoms with E-state index in [0.717, 1.165) is 29.0 Å². The molecule has 0 fully saturated rings. The van der Waals surface area contributed by atoms with Gasteiger partial charge in [-0.05, 0) is 72.9 Å². The zero-order valence-corrected chi connectivity index (χ0v) is 19.3. The number of nitrogens with one attached hydrogen (secondary N) is 2. The molecule has 0 spiro atoms. The number of non-ortho nitro benzene ring substituents is 1. The molecule has 0 saturated heterocycles. The monoisotopic (exact) mass is 459 g/mol. The van der Waals surface area contributed by atoms with Crippen molar-refractivity contribution >= 4 is 40.5 Å². The highest BCUT2D eigenvalue weighted by Gasteiger charge is 2.20. The second-order valence-electron chi connectivity index (χ2n) is 8.15. The van der Waals surface area contributed by atoms with Crippen molar-refractivity contribution in [2.24, 2.45) is 0 Å². The number of thiocarbonyl (C=S) groups is 1. The highest BCUT2D eigenvalue weighted by atomic mass is 32.1. The van der Waals surface area contributed by atoms with Gasteiger partial charge in [0.05, 0.1) is 4.92 Å². The van der Waals surface area contributed by atoms with E-state index in [9.17, 15) is 10.1 Å². The Morgan fingerprint density at radius 2 is 1.85 bits per heavy atom. The Labute approximate surface area is 198 Å². The van der Waals surface area contributed by atoms with Crippen LogP contribution in [0.3, 0.4) is 0 Å². The van der Waals surface area contributed by atoms with Crippen molar-refractivity contribution in [1.29, 1.82) is 0 Å². The van der Waals surface area contributed by atoms with Gasteiger partial charge in [-0.1, -0.05) is 43.3 Å². The third kappa shape index (κ3) is 5.56. The molecule has 7 heteroatoms. The summed E-state index contributed by atoms with van der Waals surface area (Å²) in [5, 5.41) is 17.5. The smallest absolute Gasteiger partial charge is 0.269 e. The molecule has 0 bridgehead atoms. The van der Waals surface area contributed by atoms with Crippen molar-refractivity contribution in [3.05, 3.63) is 99.6 Å². The number of benzene rings is 3. The van der Waals surface area contributed by atoms with E-state index in [1.54, 1.807) is 12.1 Å². The molecule has 0 radical (unpaired) electrons. The number of ether oxygens (including phenoxy) is 1. The lowest BCUT2D eigenvalue weighted by Gasteiger charge is -2.25. The minimum atomic E-state index is -0.431. The lowest BCUT2D eigenvalue weighted by atomic mass is 9.93. The number of hydrogen-bond acceptors (Lipinski definition) is 4. The Bertz CT molecular complexity index is 1190. The Morgan fingerprint density at radius 1 is 1.12 bits per heavy atom. The number of nitrogens with zero attached hydrogens (tertiary/aromatic N) is 1. The maximum atomic E-state index is 10.8. The Morgan fingerprint density at radius 3 is 2.55 bits per heavy atom. The summed E-state index contributed by atoms with van der Waals surface area (Å²) in [7, 11) is 0. The molecule has 3 aromatic carbocycles. The van der Waals surface area contributed by atoms with Gasteiger partial charge < -0.3 is 15.4 Å². The second kappa shape index (κ2) is 9.83. The summed E-state index contributed by atoms with van der Waals surface area (Å²) in [5.41, 5.74) is 4.89. The molecule has 6 nitrogen and oxygen atoms in total. The number of hydrogen-bond donors (Lipinski definition) is 2. The quantitative estimate of drug-likeness (QED) is 0.243. The number of nitro groups is 1. The summed E-state index contributed by atoms with van der Waals surface area (Å²) in [6.45, 7) is 4.22. The van der Waals surface area contributed by atoms with Crippen molar-refractivity contribution in [1.82, 2.24) is 0 Å². The van der Waals surface area contributed by atoms with Gasteiger partial charge in [-0.25, -0.2) is 0 Å². The van der Waals surface area contributed by atoms with Crippen molar-refractivity contribution in [3.8, 4) is 5.75 Å². The normalized spacial score (nSPS) is 15.2. The Kier molecular flexibility index (Phi) is 6.70. The highest BCUT2D eigenvalue weighted by molar-refractivity contribution is 7.80. The first-order chi connectivity index (χ1) is 15.9. The maximum Gasteiger partial charge on any atom is 0.269 e. The molecule has 2 unspecified atom stereocenters. The lowest BCUT2D eigenvalue weighted by molar-refractivity contribution is -0.384. The molecule has 1 heterocycles. The Balaban J connectivity index is 1.40. The Hall–Kier alpha value is -3.71. The predicted octanol–water partition coefficient (Wildman–Crippen LogP) is 6.68. The number of fused-ring (bicyclic) bond motifs is 1. The number of nitro benzene ring substituents is 1. The molecule has 3 aromatic rings. The van der Waals surface area contributed by atoms with E-state index in [4.69, 9.17) is 17.0 Å². The first kappa shape index (κ1) is 22.5. The molecule has 0 amide bonds. The van der Waals surface area contributed by atoms with E-state index in [-0.39, 0.29) is 11.8 Å². The number of rotatable bonds is 6. The molecule has 0 aromatic heterocycles. The molecule has 4 rings (SSSR count). The van der Waals surface area contributed by atoms with Crippen LogP contribution in [-0.4, -0.2) is 16.1 Å². The molecular weight excluding hydrogens is 434 g/mol. The van der Waals surface area contributed by atoms with E-state index in [1.165, 1.54) is 17.7 Å². The summed E-state index contributed by atoms with van der Waals surface area (Å²) in [5.74, 6) is 1.26. The average Bonchev–Trinajstić information content (AvgIpc) is 2.80. The van der Waals surface area contributed by atoms with Gasteiger partial charge in [-0.15, -0.1) is 0 Å². The van der Waals surface area contributed by atoms with Crippen LogP contribution in [-0.2, 0) is 0 Å². The fraction of sp³-hybridized carbons (Fsp3) is 0.192. The zero-order valence-electron chi connectivity index (χ0n) is 18.4. The minimum absolute atomic E-state index is 0.0239. The third-order valence-electron chi connectivity index (χ3n) is 5.66. The van der Waals surface area contributed by atoms with Crippen LogP contribution in [0.2, 0.25) is 0 Å². The van der Waals surface area contributed by atoms with Crippen LogP contribution in [0.4, 0.5) is 17.1 Å². The van der Waals surface area contributed by atoms with Crippen LogP contribution in [0.1, 0.15) is 36.0 Å². The third-order valence-corrected chi connectivity index (χ3v) is 5.87. The van der Waals surface area contributed by atoms with Gasteiger partial charge in [0.2, 0.25) is 0 Å². The standard InChI is InChI=1S/C26H25N3O3S/c1-17(19-6-4-3-5-7-19)14-23-13-8-20-16-24(18(2)15-25(20)32-23)28-26(33)27-21-9-11-22(12-10-21)29(30)31/h3-13,15-17,23H,14H2,1-2H3,(H2,27,28,33). The van der Waals surface area contributed by atoms with Gasteiger partial charge in [-0.2, -0.15) is 0 Å².